The van der Waals surface area contributed by atoms with E-state index in [-0.39, 0.29) is 13.6 Å². The number of hydrogen-bond acceptors (Lipinski definition) is 7. The zero-order valence-corrected chi connectivity index (χ0v) is 16.8. The topological polar surface area (TPSA) is 64.6 Å². The van der Waals surface area contributed by atoms with Crippen LogP contribution in [0.2, 0.25) is 0 Å². The van der Waals surface area contributed by atoms with Gasteiger partial charge in [0.2, 0.25) is 13.6 Å². The zero-order valence-electron chi connectivity index (χ0n) is 16.8. The van der Waals surface area contributed by atoms with E-state index >= 15 is 0 Å². The molecule has 2 heterocycles. The van der Waals surface area contributed by atoms with Crippen molar-refractivity contribution in [2.24, 2.45) is 0 Å². The molecule has 0 N–H and O–H groups in total. The van der Waals surface area contributed by atoms with Crippen LogP contribution in [0.3, 0.4) is 0 Å². The van der Waals surface area contributed by atoms with Gasteiger partial charge in [0.25, 0.3) is 0 Å². The molecule has 2 aliphatic rings. The molecule has 156 valence electrons. The summed E-state index contributed by atoms with van der Waals surface area (Å²) < 4.78 is 39.7. The van der Waals surface area contributed by atoms with Gasteiger partial charge < -0.3 is 33.2 Å². The van der Waals surface area contributed by atoms with E-state index < -0.39 is 0 Å². The number of fused-ring (bicyclic) bond motifs is 2. The van der Waals surface area contributed by atoms with Gasteiger partial charge in [0.05, 0.1) is 26.4 Å². The lowest BCUT2D eigenvalue weighted by Gasteiger charge is -2.15. The first-order valence-electron chi connectivity index (χ1n) is 9.96. The first-order valence-corrected chi connectivity index (χ1v) is 9.96. The van der Waals surface area contributed by atoms with Crippen molar-refractivity contribution in [2.45, 2.75) is 39.9 Å². The summed E-state index contributed by atoms with van der Waals surface area (Å²) in [6.07, 6.45) is 1.84. The molecule has 7 nitrogen and oxygen atoms in total. The highest BCUT2D eigenvalue weighted by Crippen LogP contribution is 2.40. The van der Waals surface area contributed by atoms with Crippen molar-refractivity contribution >= 4 is 0 Å². The van der Waals surface area contributed by atoms with E-state index in [0.29, 0.717) is 49.4 Å². The fraction of sp³-hybridized carbons (Fsp3) is 0.455. The Morgan fingerprint density at radius 2 is 1.07 bits per heavy atom. The Hall–Kier alpha value is -2.80. The maximum atomic E-state index is 6.01. The third kappa shape index (κ3) is 4.45. The standard InChI is InChI=1S/C22H26O7/c1-3-5-24-17-9-21-19(26-13-28-21)7-15(17)11-23-12-16-8-20-22(29-14-27-20)10-18(16)25-6-4-2/h7-10H,3-6,11-14H2,1-2H3. The minimum atomic E-state index is 0.224. The third-order valence-electron chi connectivity index (χ3n) is 4.55. The quantitative estimate of drug-likeness (QED) is 0.582. The van der Waals surface area contributed by atoms with Crippen molar-refractivity contribution in [3.05, 3.63) is 35.4 Å². The maximum absolute atomic E-state index is 6.01. The molecule has 2 aliphatic heterocycles. The summed E-state index contributed by atoms with van der Waals surface area (Å²) in [5, 5.41) is 0. The lowest BCUT2D eigenvalue weighted by Crippen LogP contribution is -2.03. The summed E-state index contributed by atoms with van der Waals surface area (Å²) >= 11 is 0. The Morgan fingerprint density at radius 1 is 0.655 bits per heavy atom. The first-order chi connectivity index (χ1) is 14.3. The molecule has 0 unspecified atom stereocenters. The van der Waals surface area contributed by atoms with Crippen molar-refractivity contribution in [1.29, 1.82) is 0 Å². The third-order valence-corrected chi connectivity index (χ3v) is 4.55. The molecule has 0 aromatic heterocycles. The minimum Gasteiger partial charge on any atom is -0.493 e. The molecule has 29 heavy (non-hydrogen) atoms. The highest BCUT2D eigenvalue weighted by atomic mass is 16.7. The minimum absolute atomic E-state index is 0.224. The molecule has 2 aromatic carbocycles. The predicted molar refractivity (Wildman–Crippen MR) is 105 cm³/mol. The highest BCUT2D eigenvalue weighted by molar-refractivity contribution is 5.52. The molecule has 7 heteroatoms. The van der Waals surface area contributed by atoms with Crippen LogP contribution in [0.15, 0.2) is 24.3 Å². The molecule has 0 spiro atoms. The molecular formula is C22H26O7. The molecule has 0 bridgehead atoms. The Morgan fingerprint density at radius 3 is 1.48 bits per heavy atom. The maximum Gasteiger partial charge on any atom is 0.231 e. The molecule has 0 fully saturated rings. The van der Waals surface area contributed by atoms with Crippen LogP contribution in [0.25, 0.3) is 0 Å². The largest absolute Gasteiger partial charge is 0.493 e. The molecule has 4 rings (SSSR count). The molecule has 0 atom stereocenters. The number of benzene rings is 2. The zero-order chi connectivity index (χ0) is 20.1. The van der Waals surface area contributed by atoms with E-state index in [1.807, 2.05) is 24.3 Å². The summed E-state index contributed by atoms with van der Waals surface area (Å²) in [5.41, 5.74) is 1.83. The summed E-state index contributed by atoms with van der Waals surface area (Å²) in [6.45, 7) is 6.59. The van der Waals surface area contributed by atoms with Crippen LogP contribution in [0.5, 0.6) is 34.5 Å². The van der Waals surface area contributed by atoms with Crippen LogP contribution in [0.1, 0.15) is 37.8 Å². The number of rotatable bonds is 10. The van der Waals surface area contributed by atoms with Gasteiger partial charge >= 0.3 is 0 Å². The Balaban J connectivity index is 1.47. The normalized spacial score (nSPS) is 13.6. The molecule has 0 saturated heterocycles. The second-order valence-electron chi connectivity index (χ2n) is 6.82. The summed E-state index contributed by atoms with van der Waals surface area (Å²) in [6, 6.07) is 7.57. The van der Waals surface area contributed by atoms with Crippen molar-refractivity contribution < 1.29 is 33.2 Å². The average molecular weight is 402 g/mol. The summed E-state index contributed by atoms with van der Waals surface area (Å²) in [4.78, 5) is 0. The van der Waals surface area contributed by atoms with Crippen molar-refractivity contribution in [2.75, 3.05) is 26.8 Å². The second kappa shape index (κ2) is 9.13. The van der Waals surface area contributed by atoms with E-state index in [4.69, 9.17) is 33.2 Å². The fourth-order valence-corrected chi connectivity index (χ4v) is 3.12. The second-order valence-corrected chi connectivity index (χ2v) is 6.82. The van der Waals surface area contributed by atoms with Gasteiger partial charge in [-0.25, -0.2) is 0 Å². The van der Waals surface area contributed by atoms with Gasteiger partial charge in [-0.15, -0.1) is 0 Å². The molecule has 0 radical (unpaired) electrons. The van der Waals surface area contributed by atoms with Gasteiger partial charge in [0.1, 0.15) is 11.5 Å². The van der Waals surface area contributed by atoms with E-state index in [1.54, 1.807) is 0 Å². The van der Waals surface area contributed by atoms with E-state index in [0.717, 1.165) is 35.5 Å². The lowest BCUT2D eigenvalue weighted by atomic mass is 10.1. The van der Waals surface area contributed by atoms with Crippen LogP contribution in [-0.2, 0) is 18.0 Å². The van der Waals surface area contributed by atoms with Crippen LogP contribution < -0.4 is 28.4 Å². The van der Waals surface area contributed by atoms with Crippen LogP contribution in [-0.4, -0.2) is 26.8 Å². The SMILES string of the molecule is CCCOc1cc2c(cc1COCc1cc3c(cc1OCCC)OCO3)OCO2. The summed E-state index contributed by atoms with van der Waals surface area (Å²) in [7, 11) is 0. The first kappa shape index (κ1) is 19.5. The van der Waals surface area contributed by atoms with Gasteiger partial charge in [-0.2, -0.15) is 0 Å². The van der Waals surface area contributed by atoms with E-state index in [2.05, 4.69) is 13.8 Å². The van der Waals surface area contributed by atoms with Crippen LogP contribution >= 0.6 is 0 Å². The molecule has 0 saturated carbocycles. The van der Waals surface area contributed by atoms with Crippen molar-refractivity contribution in [3.8, 4) is 34.5 Å². The van der Waals surface area contributed by atoms with Gasteiger partial charge in [-0.1, -0.05) is 13.8 Å². The number of ether oxygens (including phenoxy) is 7. The van der Waals surface area contributed by atoms with Crippen LogP contribution in [0.4, 0.5) is 0 Å². The van der Waals surface area contributed by atoms with Gasteiger partial charge in [0, 0.05) is 23.3 Å². The summed E-state index contributed by atoms with van der Waals surface area (Å²) in [5.74, 6) is 4.33. The van der Waals surface area contributed by atoms with E-state index in [1.165, 1.54) is 0 Å². The Labute approximate surface area is 170 Å². The monoisotopic (exact) mass is 402 g/mol. The van der Waals surface area contributed by atoms with Gasteiger partial charge in [0.15, 0.2) is 23.0 Å². The molecule has 0 amide bonds. The Bertz CT molecular complexity index is 780. The van der Waals surface area contributed by atoms with Crippen molar-refractivity contribution in [3.63, 3.8) is 0 Å². The van der Waals surface area contributed by atoms with Crippen LogP contribution in [0, 0.1) is 0 Å². The van der Waals surface area contributed by atoms with Gasteiger partial charge in [-0.05, 0) is 25.0 Å². The van der Waals surface area contributed by atoms with Crippen molar-refractivity contribution in [1.82, 2.24) is 0 Å². The smallest absolute Gasteiger partial charge is 0.231 e. The average Bonchev–Trinajstić information content (AvgIpc) is 3.38. The van der Waals surface area contributed by atoms with Gasteiger partial charge in [-0.3, -0.25) is 0 Å². The molecular weight excluding hydrogens is 376 g/mol. The molecule has 2 aromatic rings. The molecule has 0 aliphatic carbocycles. The fourth-order valence-electron chi connectivity index (χ4n) is 3.12. The highest BCUT2D eigenvalue weighted by Gasteiger charge is 2.20. The number of hydrogen-bond donors (Lipinski definition) is 0. The van der Waals surface area contributed by atoms with E-state index in [9.17, 15) is 0 Å². The predicted octanol–water partition coefficient (Wildman–Crippen LogP) is 4.44. The Kier molecular flexibility index (Phi) is 6.14. The lowest BCUT2D eigenvalue weighted by molar-refractivity contribution is 0.102.